The summed E-state index contributed by atoms with van der Waals surface area (Å²) >= 11 is 0. The fourth-order valence-electron chi connectivity index (χ4n) is 4.69. The fourth-order valence-corrected chi connectivity index (χ4v) is 4.69. The van der Waals surface area contributed by atoms with Crippen molar-refractivity contribution in [1.82, 2.24) is 5.01 Å². The van der Waals surface area contributed by atoms with Gasteiger partial charge in [-0.25, -0.2) is 0 Å². The van der Waals surface area contributed by atoms with E-state index in [2.05, 4.69) is 17.6 Å². The summed E-state index contributed by atoms with van der Waals surface area (Å²) in [5.74, 6) is -1.48. The van der Waals surface area contributed by atoms with Crippen LogP contribution in [0.15, 0.2) is 103 Å². The molecule has 148 valence electrons. The Morgan fingerprint density at radius 1 is 0.567 bits per heavy atom. The number of fused-ring (bicyclic) bond motifs is 1. The first-order valence-electron chi connectivity index (χ1n) is 10.2. The lowest BCUT2D eigenvalue weighted by molar-refractivity contribution is -0.138. The number of amides is 2. The second kappa shape index (κ2) is 7.64. The van der Waals surface area contributed by atoms with Crippen molar-refractivity contribution in [2.45, 2.75) is 11.8 Å². The zero-order chi connectivity index (χ0) is 20.5. The number of benzene rings is 3. The molecule has 3 aromatic rings. The molecule has 1 heterocycles. The van der Waals surface area contributed by atoms with E-state index in [-0.39, 0.29) is 23.7 Å². The highest BCUT2D eigenvalue weighted by Crippen LogP contribution is 2.49. The molecule has 1 fully saturated rings. The van der Waals surface area contributed by atoms with E-state index < -0.39 is 11.8 Å². The van der Waals surface area contributed by atoms with Crippen LogP contribution in [0.5, 0.6) is 0 Å². The number of nitrogens with one attached hydrogen (secondary N) is 1. The molecule has 30 heavy (non-hydrogen) atoms. The first-order chi connectivity index (χ1) is 14.7. The smallest absolute Gasteiger partial charge is 0.253 e. The third-order valence-electron chi connectivity index (χ3n) is 6.08. The number of hydrogen-bond donors (Lipinski definition) is 1. The molecule has 1 aliphatic heterocycles. The second-order valence-corrected chi connectivity index (χ2v) is 7.80. The average Bonchev–Trinajstić information content (AvgIpc) is 3.06. The van der Waals surface area contributed by atoms with E-state index in [9.17, 15) is 9.59 Å². The molecule has 2 aliphatic rings. The van der Waals surface area contributed by atoms with Crippen LogP contribution in [0.2, 0.25) is 0 Å². The number of hydrazine groups is 1. The zero-order valence-electron chi connectivity index (χ0n) is 16.4. The van der Waals surface area contributed by atoms with E-state index in [4.69, 9.17) is 0 Å². The van der Waals surface area contributed by atoms with Crippen LogP contribution in [0.1, 0.15) is 23.0 Å². The minimum absolute atomic E-state index is 0.129. The van der Waals surface area contributed by atoms with Crippen LogP contribution in [-0.2, 0) is 9.59 Å². The van der Waals surface area contributed by atoms with E-state index in [1.165, 1.54) is 5.01 Å². The molecule has 1 saturated heterocycles. The molecule has 4 heteroatoms. The minimum Gasteiger partial charge on any atom is -0.289 e. The Kier molecular flexibility index (Phi) is 4.68. The predicted molar refractivity (Wildman–Crippen MR) is 116 cm³/mol. The Balaban J connectivity index is 1.57. The van der Waals surface area contributed by atoms with E-state index in [1.54, 1.807) is 0 Å². The normalized spacial score (nSPS) is 25.3. The highest BCUT2D eigenvalue weighted by atomic mass is 16.2. The quantitative estimate of drug-likeness (QED) is 0.513. The molecule has 0 radical (unpaired) electrons. The van der Waals surface area contributed by atoms with Crippen molar-refractivity contribution in [3.8, 4) is 0 Å². The Labute approximate surface area is 175 Å². The van der Waals surface area contributed by atoms with Crippen LogP contribution in [0.4, 0.5) is 5.69 Å². The number of anilines is 1. The molecular formula is C26H22N2O2. The summed E-state index contributed by atoms with van der Waals surface area (Å²) in [6.07, 6.45) is 4.21. The maximum Gasteiger partial charge on any atom is 0.253 e. The van der Waals surface area contributed by atoms with Crippen molar-refractivity contribution in [3.63, 3.8) is 0 Å². The first-order valence-corrected chi connectivity index (χ1v) is 10.2. The number of hydrogen-bond acceptors (Lipinski definition) is 3. The molecule has 4 atom stereocenters. The van der Waals surface area contributed by atoms with Crippen molar-refractivity contribution in [1.29, 1.82) is 0 Å². The van der Waals surface area contributed by atoms with Gasteiger partial charge in [-0.1, -0.05) is 91.0 Å². The van der Waals surface area contributed by atoms with Crippen molar-refractivity contribution in [3.05, 3.63) is 114 Å². The molecule has 0 bridgehead atoms. The van der Waals surface area contributed by atoms with Gasteiger partial charge in [0.25, 0.3) is 11.8 Å². The SMILES string of the molecule is O=C1[C@H]2[C@H](C(=O)N1Nc1ccccc1)[C@H](c1ccccc1)C=C[C@H]2c1ccccc1. The van der Waals surface area contributed by atoms with E-state index in [0.29, 0.717) is 0 Å². The third-order valence-corrected chi connectivity index (χ3v) is 6.08. The summed E-state index contributed by atoms with van der Waals surface area (Å²) in [6.45, 7) is 0. The summed E-state index contributed by atoms with van der Waals surface area (Å²) in [4.78, 5) is 27.0. The molecule has 5 rings (SSSR count). The van der Waals surface area contributed by atoms with Gasteiger partial charge in [-0.2, -0.15) is 5.01 Å². The molecule has 4 nitrogen and oxygen atoms in total. The monoisotopic (exact) mass is 394 g/mol. The zero-order valence-corrected chi connectivity index (χ0v) is 16.4. The minimum atomic E-state index is -0.439. The average molecular weight is 394 g/mol. The van der Waals surface area contributed by atoms with Crippen LogP contribution >= 0.6 is 0 Å². The summed E-state index contributed by atoms with van der Waals surface area (Å²) in [6, 6.07) is 29.3. The number of imide groups is 1. The summed E-state index contributed by atoms with van der Waals surface area (Å²) < 4.78 is 0. The molecule has 0 aromatic heterocycles. The van der Waals surface area contributed by atoms with E-state index >= 15 is 0 Å². The van der Waals surface area contributed by atoms with Crippen LogP contribution < -0.4 is 5.43 Å². The fraction of sp³-hybridized carbons (Fsp3) is 0.154. The van der Waals surface area contributed by atoms with Crippen molar-refractivity contribution >= 4 is 17.5 Å². The predicted octanol–water partition coefficient (Wildman–Crippen LogP) is 4.75. The van der Waals surface area contributed by atoms with Crippen LogP contribution in [0.25, 0.3) is 0 Å². The lowest BCUT2D eigenvalue weighted by atomic mass is 9.68. The Bertz CT molecular complexity index is 1010. The number of rotatable bonds is 4. The number of carbonyl (C=O) groups is 2. The van der Waals surface area contributed by atoms with Crippen molar-refractivity contribution in [2.24, 2.45) is 11.8 Å². The lowest BCUT2D eigenvalue weighted by Crippen LogP contribution is -2.37. The first kappa shape index (κ1) is 18.4. The van der Waals surface area contributed by atoms with Crippen molar-refractivity contribution < 1.29 is 9.59 Å². The van der Waals surface area contributed by atoms with Crippen LogP contribution in [-0.4, -0.2) is 16.8 Å². The van der Waals surface area contributed by atoms with Gasteiger partial charge in [-0.15, -0.1) is 0 Å². The number of nitrogens with zero attached hydrogens (tertiary/aromatic N) is 1. The van der Waals surface area contributed by atoms with Gasteiger partial charge < -0.3 is 0 Å². The molecule has 2 amide bonds. The standard InChI is InChI=1S/C26H22N2O2/c29-25-23-21(18-10-4-1-5-11-18)16-17-22(19-12-6-2-7-13-19)24(23)26(30)28(25)27-20-14-8-3-9-15-20/h1-17,21-24,27H/t21-,22-,23+,24+/m0/s1. The van der Waals surface area contributed by atoms with Gasteiger partial charge in [0.2, 0.25) is 0 Å². The molecule has 0 unspecified atom stereocenters. The summed E-state index contributed by atoms with van der Waals surface area (Å²) in [7, 11) is 0. The van der Waals surface area contributed by atoms with Gasteiger partial charge in [0, 0.05) is 11.8 Å². The number of para-hydroxylation sites is 1. The molecule has 0 spiro atoms. The second-order valence-electron chi connectivity index (χ2n) is 7.80. The van der Waals surface area contributed by atoms with Crippen molar-refractivity contribution in [2.75, 3.05) is 5.43 Å². The van der Waals surface area contributed by atoms with E-state index in [0.717, 1.165) is 16.8 Å². The highest BCUT2D eigenvalue weighted by Gasteiger charge is 2.55. The largest absolute Gasteiger partial charge is 0.289 e. The summed E-state index contributed by atoms with van der Waals surface area (Å²) in [5, 5.41) is 1.23. The van der Waals surface area contributed by atoms with Crippen LogP contribution in [0, 0.1) is 11.8 Å². The van der Waals surface area contributed by atoms with Gasteiger partial charge in [0.05, 0.1) is 17.5 Å². The number of allylic oxidation sites excluding steroid dienone is 2. The molecule has 1 aliphatic carbocycles. The van der Waals surface area contributed by atoms with Gasteiger partial charge >= 0.3 is 0 Å². The topological polar surface area (TPSA) is 49.4 Å². The van der Waals surface area contributed by atoms with Crippen LogP contribution in [0.3, 0.4) is 0 Å². The van der Waals surface area contributed by atoms with Gasteiger partial charge in [-0.05, 0) is 23.3 Å². The molecule has 1 N–H and O–H groups in total. The third kappa shape index (κ3) is 3.11. The maximum absolute atomic E-state index is 13.5. The summed E-state index contributed by atoms with van der Waals surface area (Å²) in [5.41, 5.74) is 5.88. The Morgan fingerprint density at radius 3 is 1.40 bits per heavy atom. The Hall–Kier alpha value is -3.66. The lowest BCUT2D eigenvalue weighted by Gasteiger charge is -2.32. The van der Waals surface area contributed by atoms with Gasteiger partial charge in [0.1, 0.15) is 0 Å². The van der Waals surface area contributed by atoms with E-state index in [1.807, 2.05) is 91.0 Å². The molecule has 3 aromatic carbocycles. The molecular weight excluding hydrogens is 372 g/mol. The highest BCUT2D eigenvalue weighted by molar-refractivity contribution is 6.07. The maximum atomic E-state index is 13.5. The molecule has 0 saturated carbocycles. The number of carbonyl (C=O) groups excluding carboxylic acids is 2. The Morgan fingerprint density at radius 2 is 0.967 bits per heavy atom. The van der Waals surface area contributed by atoms with Gasteiger partial charge in [-0.3, -0.25) is 15.0 Å². The van der Waals surface area contributed by atoms with Gasteiger partial charge in [0.15, 0.2) is 0 Å².